The number of ether oxygens (including phenoxy) is 3. The molecule has 0 aliphatic heterocycles. The lowest BCUT2D eigenvalue weighted by Crippen LogP contribution is -2.57. The fourth-order valence-corrected chi connectivity index (χ4v) is 5.80. The lowest BCUT2D eigenvalue weighted by molar-refractivity contribution is -0.156. The topological polar surface area (TPSA) is 182 Å². The predicted molar refractivity (Wildman–Crippen MR) is 204 cm³/mol. The first-order valence-electron chi connectivity index (χ1n) is 17.5. The third-order valence-corrected chi connectivity index (χ3v) is 8.22. The maximum atomic E-state index is 14.2. The number of nitrogens with one attached hydrogen (secondary N) is 4. The molecule has 3 atom stereocenters. The van der Waals surface area contributed by atoms with Crippen LogP contribution in [0.25, 0.3) is 21.7 Å². The van der Waals surface area contributed by atoms with Crippen molar-refractivity contribution in [3.63, 3.8) is 0 Å². The van der Waals surface area contributed by atoms with Crippen LogP contribution in [0.4, 0.5) is 0 Å². The second-order valence-corrected chi connectivity index (χ2v) is 15.3. The Morgan fingerprint density at radius 1 is 0.704 bits per heavy atom. The van der Waals surface area contributed by atoms with Crippen molar-refractivity contribution in [2.75, 3.05) is 7.11 Å². The molecule has 54 heavy (non-hydrogen) atoms. The van der Waals surface area contributed by atoms with Gasteiger partial charge in [-0.15, -0.1) is 0 Å². The summed E-state index contributed by atoms with van der Waals surface area (Å²) in [6.45, 7) is 10.0. The summed E-state index contributed by atoms with van der Waals surface area (Å²) in [6.07, 6.45) is -1.03. The zero-order chi connectivity index (χ0) is 39.8. The molecule has 288 valence electrons. The normalized spacial score (nSPS) is 13.3. The summed E-state index contributed by atoms with van der Waals surface area (Å²) in [5, 5.41) is 10.9. The molecule has 0 saturated carbocycles. The van der Waals surface area contributed by atoms with Crippen molar-refractivity contribution < 1.29 is 43.0 Å². The molecule has 3 amide bonds. The Bertz CT molecular complexity index is 2030. The van der Waals surface area contributed by atoms with E-state index in [9.17, 15) is 28.8 Å². The van der Waals surface area contributed by atoms with E-state index in [1.807, 2.05) is 42.5 Å². The number of amides is 3. The smallest absolute Gasteiger partial charge is 0.328 e. The molecule has 14 heteroatoms. The van der Waals surface area contributed by atoms with Gasteiger partial charge in [0.15, 0.2) is 0 Å². The van der Waals surface area contributed by atoms with Crippen LogP contribution < -0.4 is 16.0 Å². The molecule has 0 bridgehead atoms. The molecule has 1 heterocycles. The summed E-state index contributed by atoms with van der Waals surface area (Å²) in [5.41, 5.74) is -0.164. The number of benzene rings is 3. The number of hydrogen-bond acceptors (Lipinski definition) is 9. The molecule has 1 aromatic heterocycles. The standard InChI is InChI=1S/C40H47ClN4O9/c1-39(2,3)53-33(46)17-16-29(38(51)52-7)43-37(50)32(22-34(47)54-40(4,5)6)45-35(48)30(19-23-12-13-24-10-8-9-11-25(24)18-23)44-36(49)31-21-26-20-27(41)14-15-28(26)42-31/h8-15,18,20-21,29-30,32,42H,16-17,19,22H2,1-7H3,(H,43,50)(H,44,49)(H,45,48)/t29-,30-,32-/m0/s1. The Kier molecular flexibility index (Phi) is 13.5. The molecule has 4 N–H and O–H groups in total. The Hall–Kier alpha value is -5.43. The molecule has 4 aromatic rings. The van der Waals surface area contributed by atoms with Crippen LogP contribution in [0.15, 0.2) is 66.7 Å². The maximum Gasteiger partial charge on any atom is 0.328 e. The van der Waals surface area contributed by atoms with Gasteiger partial charge in [-0.05, 0) is 88.6 Å². The summed E-state index contributed by atoms with van der Waals surface area (Å²) in [4.78, 5) is 82.8. The van der Waals surface area contributed by atoms with Crippen molar-refractivity contribution in [3.8, 4) is 0 Å². The zero-order valence-corrected chi connectivity index (χ0v) is 32.2. The predicted octanol–water partition coefficient (Wildman–Crippen LogP) is 5.31. The van der Waals surface area contributed by atoms with E-state index in [4.69, 9.17) is 25.8 Å². The molecule has 0 radical (unpaired) electrons. The fraction of sp³-hybridized carbons (Fsp3) is 0.400. The van der Waals surface area contributed by atoms with Gasteiger partial charge in [0.2, 0.25) is 11.8 Å². The van der Waals surface area contributed by atoms with Gasteiger partial charge in [-0.2, -0.15) is 0 Å². The first-order chi connectivity index (χ1) is 25.3. The van der Waals surface area contributed by atoms with E-state index in [1.165, 1.54) is 0 Å². The minimum absolute atomic E-state index is 0.00984. The summed E-state index contributed by atoms with van der Waals surface area (Å²) in [7, 11) is 1.12. The Balaban J connectivity index is 1.62. The van der Waals surface area contributed by atoms with Gasteiger partial charge in [0.05, 0.1) is 13.5 Å². The third-order valence-electron chi connectivity index (χ3n) is 7.99. The highest BCUT2D eigenvalue weighted by Crippen LogP contribution is 2.21. The number of halogens is 1. The van der Waals surface area contributed by atoms with Crippen LogP contribution in [0.2, 0.25) is 5.02 Å². The number of aromatic amines is 1. The molecule has 4 rings (SSSR count). The maximum absolute atomic E-state index is 14.2. The number of rotatable bonds is 14. The van der Waals surface area contributed by atoms with Gasteiger partial charge in [-0.25, -0.2) is 4.79 Å². The number of esters is 3. The van der Waals surface area contributed by atoms with Crippen molar-refractivity contribution in [3.05, 3.63) is 83.0 Å². The number of H-pyrrole nitrogens is 1. The van der Waals surface area contributed by atoms with Gasteiger partial charge in [0, 0.05) is 28.8 Å². The average Bonchev–Trinajstić information content (AvgIpc) is 3.51. The summed E-state index contributed by atoms with van der Waals surface area (Å²) in [6, 6.07) is 15.8. The van der Waals surface area contributed by atoms with Crippen molar-refractivity contribution in [1.82, 2.24) is 20.9 Å². The van der Waals surface area contributed by atoms with Gasteiger partial charge in [-0.3, -0.25) is 24.0 Å². The average molecular weight is 763 g/mol. The first-order valence-corrected chi connectivity index (χ1v) is 17.9. The second kappa shape index (κ2) is 17.6. The monoisotopic (exact) mass is 762 g/mol. The third kappa shape index (κ3) is 12.3. The largest absolute Gasteiger partial charge is 0.467 e. The molecule has 13 nitrogen and oxygen atoms in total. The van der Waals surface area contributed by atoms with E-state index in [1.54, 1.807) is 65.8 Å². The number of fused-ring (bicyclic) bond motifs is 2. The second-order valence-electron chi connectivity index (χ2n) is 14.9. The number of carbonyl (C=O) groups excluding carboxylic acids is 6. The fourth-order valence-electron chi connectivity index (χ4n) is 5.62. The molecule has 3 aromatic carbocycles. The molecule has 0 aliphatic rings. The SMILES string of the molecule is COC(=O)[C@H](CCC(=O)OC(C)(C)C)NC(=O)[C@H](CC(=O)OC(C)(C)C)NC(=O)[C@H](Cc1ccc2ccccc2c1)NC(=O)c1cc2cc(Cl)ccc2[nH]1. The van der Waals surface area contributed by atoms with E-state index in [0.29, 0.717) is 21.5 Å². The van der Waals surface area contributed by atoms with Gasteiger partial charge >= 0.3 is 17.9 Å². The van der Waals surface area contributed by atoms with E-state index in [2.05, 4.69) is 20.9 Å². The Labute approximate surface area is 318 Å². The van der Waals surface area contributed by atoms with Crippen LogP contribution in [-0.4, -0.2) is 77.1 Å². The number of methoxy groups -OCH3 is 1. The molecular weight excluding hydrogens is 716 g/mol. The molecule has 0 fully saturated rings. The summed E-state index contributed by atoms with van der Waals surface area (Å²) >= 11 is 6.14. The minimum atomic E-state index is -1.56. The molecule has 0 aliphatic carbocycles. The van der Waals surface area contributed by atoms with Crippen molar-refractivity contribution in [2.24, 2.45) is 0 Å². The minimum Gasteiger partial charge on any atom is -0.467 e. The highest BCUT2D eigenvalue weighted by molar-refractivity contribution is 6.31. The van der Waals surface area contributed by atoms with E-state index < -0.39 is 71.4 Å². The lowest BCUT2D eigenvalue weighted by atomic mass is 10.0. The first kappa shape index (κ1) is 41.3. The van der Waals surface area contributed by atoms with E-state index in [-0.39, 0.29) is 25.0 Å². The van der Waals surface area contributed by atoms with E-state index in [0.717, 1.165) is 17.9 Å². The van der Waals surface area contributed by atoms with Crippen LogP contribution in [-0.2, 0) is 44.6 Å². The van der Waals surface area contributed by atoms with Crippen LogP contribution in [0.5, 0.6) is 0 Å². The quantitative estimate of drug-likeness (QED) is 0.0978. The highest BCUT2D eigenvalue weighted by Gasteiger charge is 2.34. The van der Waals surface area contributed by atoms with Crippen molar-refractivity contribution >= 4 is 68.9 Å². The zero-order valence-electron chi connectivity index (χ0n) is 31.5. The number of hydrogen-bond donors (Lipinski definition) is 4. The number of carbonyl (C=O) groups is 6. The lowest BCUT2D eigenvalue weighted by Gasteiger charge is -2.26. The highest BCUT2D eigenvalue weighted by atomic mass is 35.5. The van der Waals surface area contributed by atoms with Gasteiger partial charge in [0.1, 0.15) is 35.0 Å². The van der Waals surface area contributed by atoms with Gasteiger partial charge < -0.3 is 35.1 Å². The summed E-state index contributed by atoms with van der Waals surface area (Å²) < 4.78 is 15.6. The van der Waals surface area contributed by atoms with Crippen molar-refractivity contribution in [2.45, 2.75) is 96.6 Å². The molecule has 0 unspecified atom stereocenters. The van der Waals surface area contributed by atoms with E-state index >= 15 is 0 Å². The summed E-state index contributed by atoms with van der Waals surface area (Å²) in [5.74, 6) is -4.58. The Morgan fingerprint density at radius 3 is 2.00 bits per heavy atom. The molecule has 0 spiro atoms. The number of aromatic nitrogens is 1. The van der Waals surface area contributed by atoms with Crippen molar-refractivity contribution in [1.29, 1.82) is 0 Å². The van der Waals surface area contributed by atoms with Crippen LogP contribution in [0, 0.1) is 0 Å². The van der Waals surface area contributed by atoms with Gasteiger partial charge in [0.25, 0.3) is 5.91 Å². The van der Waals surface area contributed by atoms with Crippen LogP contribution >= 0.6 is 11.6 Å². The molecular formula is C40H47ClN4O9. The van der Waals surface area contributed by atoms with Crippen LogP contribution in [0.1, 0.15) is 76.9 Å². The molecule has 0 saturated heterocycles. The van der Waals surface area contributed by atoms with Crippen LogP contribution in [0.3, 0.4) is 0 Å². The Morgan fingerprint density at radius 2 is 1.33 bits per heavy atom. The van der Waals surface area contributed by atoms with Gasteiger partial charge in [-0.1, -0.05) is 54.1 Å².